The zero-order valence-electron chi connectivity index (χ0n) is 16.6. The van der Waals surface area contributed by atoms with Gasteiger partial charge in [-0.2, -0.15) is 0 Å². The van der Waals surface area contributed by atoms with E-state index < -0.39 is 9.84 Å². The Bertz CT molecular complexity index is 972. The SMILES string of the molecule is O=S1(=O)CCC(N2CCC3(CC2)OCCc2cnc(-c4ccccc4)nc23)CC1. The van der Waals surface area contributed by atoms with Crippen molar-refractivity contribution in [2.75, 3.05) is 31.2 Å². The lowest BCUT2D eigenvalue weighted by atomic mass is 9.82. The predicted molar refractivity (Wildman–Crippen MR) is 111 cm³/mol. The molecule has 2 fully saturated rings. The van der Waals surface area contributed by atoms with Gasteiger partial charge < -0.3 is 9.64 Å². The quantitative estimate of drug-likeness (QED) is 0.754. The van der Waals surface area contributed by atoms with E-state index in [4.69, 9.17) is 9.72 Å². The van der Waals surface area contributed by atoms with Gasteiger partial charge >= 0.3 is 0 Å². The minimum absolute atomic E-state index is 0.326. The smallest absolute Gasteiger partial charge is 0.159 e. The highest BCUT2D eigenvalue weighted by Gasteiger charge is 2.44. The number of hydrogen-bond donors (Lipinski definition) is 0. The van der Waals surface area contributed by atoms with Crippen LogP contribution in [0.15, 0.2) is 36.5 Å². The molecule has 0 amide bonds. The van der Waals surface area contributed by atoms with Gasteiger partial charge in [0.2, 0.25) is 0 Å². The van der Waals surface area contributed by atoms with Crippen molar-refractivity contribution in [1.82, 2.24) is 14.9 Å². The van der Waals surface area contributed by atoms with Crippen LogP contribution in [0.2, 0.25) is 0 Å². The van der Waals surface area contributed by atoms with Gasteiger partial charge in [-0.25, -0.2) is 18.4 Å². The minimum Gasteiger partial charge on any atom is -0.368 e. The number of likely N-dealkylation sites (tertiary alicyclic amines) is 1. The fourth-order valence-electron chi connectivity index (χ4n) is 5.01. The van der Waals surface area contributed by atoms with E-state index in [1.54, 1.807) is 0 Å². The Labute approximate surface area is 172 Å². The Hall–Kier alpha value is -1.83. The van der Waals surface area contributed by atoms with Crippen LogP contribution in [-0.4, -0.2) is 60.5 Å². The highest BCUT2D eigenvalue weighted by Crippen LogP contribution is 2.41. The van der Waals surface area contributed by atoms with Crippen LogP contribution < -0.4 is 0 Å². The molecule has 3 aliphatic heterocycles. The molecule has 5 rings (SSSR count). The van der Waals surface area contributed by atoms with Gasteiger partial charge in [0.25, 0.3) is 0 Å². The molecule has 1 aromatic heterocycles. The van der Waals surface area contributed by atoms with Gasteiger partial charge in [0.1, 0.15) is 15.4 Å². The van der Waals surface area contributed by atoms with E-state index in [-0.39, 0.29) is 5.60 Å². The van der Waals surface area contributed by atoms with Crippen LogP contribution in [0.4, 0.5) is 0 Å². The molecule has 0 aliphatic carbocycles. The van der Waals surface area contributed by atoms with Crippen LogP contribution in [0.3, 0.4) is 0 Å². The number of aromatic nitrogens is 2. The zero-order chi connectivity index (χ0) is 19.9. The molecular weight excluding hydrogens is 386 g/mol. The Morgan fingerprint density at radius 3 is 2.52 bits per heavy atom. The molecule has 3 aliphatic rings. The molecule has 0 saturated carbocycles. The van der Waals surface area contributed by atoms with Crippen molar-refractivity contribution in [3.63, 3.8) is 0 Å². The number of rotatable bonds is 2. The first-order chi connectivity index (χ1) is 14.0. The monoisotopic (exact) mass is 413 g/mol. The second kappa shape index (κ2) is 7.45. The molecule has 0 unspecified atom stereocenters. The number of sulfone groups is 1. The fraction of sp³-hybridized carbons (Fsp3) is 0.545. The summed E-state index contributed by atoms with van der Waals surface area (Å²) in [6, 6.07) is 10.5. The highest BCUT2D eigenvalue weighted by molar-refractivity contribution is 7.91. The Balaban J connectivity index is 1.37. The zero-order valence-corrected chi connectivity index (χ0v) is 17.4. The third kappa shape index (κ3) is 3.71. The van der Waals surface area contributed by atoms with Crippen molar-refractivity contribution < 1.29 is 13.2 Å². The van der Waals surface area contributed by atoms with E-state index in [9.17, 15) is 8.42 Å². The lowest BCUT2D eigenvalue weighted by Gasteiger charge is -2.46. The highest BCUT2D eigenvalue weighted by atomic mass is 32.2. The van der Waals surface area contributed by atoms with Crippen molar-refractivity contribution in [2.45, 2.75) is 43.7 Å². The molecule has 6 nitrogen and oxygen atoms in total. The van der Waals surface area contributed by atoms with Crippen LogP contribution >= 0.6 is 0 Å². The van der Waals surface area contributed by atoms with Crippen molar-refractivity contribution in [2.24, 2.45) is 0 Å². The number of piperidine rings is 1. The molecule has 29 heavy (non-hydrogen) atoms. The topological polar surface area (TPSA) is 72.4 Å². The summed E-state index contributed by atoms with van der Waals surface area (Å²) < 4.78 is 29.9. The second-order valence-corrected chi connectivity index (χ2v) is 10.7. The largest absolute Gasteiger partial charge is 0.368 e. The van der Waals surface area contributed by atoms with Crippen LogP contribution in [0.5, 0.6) is 0 Å². The summed E-state index contributed by atoms with van der Waals surface area (Å²) in [6.07, 6.45) is 6.15. The van der Waals surface area contributed by atoms with Gasteiger partial charge in [-0.1, -0.05) is 30.3 Å². The maximum atomic E-state index is 11.8. The summed E-state index contributed by atoms with van der Waals surface area (Å²) in [5, 5.41) is 0. The summed E-state index contributed by atoms with van der Waals surface area (Å²) >= 11 is 0. The van der Waals surface area contributed by atoms with E-state index in [1.807, 2.05) is 36.5 Å². The molecule has 1 aromatic carbocycles. The van der Waals surface area contributed by atoms with Crippen molar-refractivity contribution in [1.29, 1.82) is 0 Å². The van der Waals surface area contributed by atoms with Crippen LogP contribution in [0, 0.1) is 0 Å². The minimum atomic E-state index is -2.82. The number of fused-ring (bicyclic) bond motifs is 2. The molecule has 0 atom stereocenters. The van der Waals surface area contributed by atoms with E-state index in [1.165, 1.54) is 5.56 Å². The number of ether oxygens (including phenoxy) is 1. The van der Waals surface area contributed by atoms with Gasteiger partial charge in [0.15, 0.2) is 5.82 Å². The first-order valence-electron chi connectivity index (χ1n) is 10.5. The molecule has 7 heteroatoms. The Kier molecular flexibility index (Phi) is 4.92. The maximum Gasteiger partial charge on any atom is 0.159 e. The van der Waals surface area contributed by atoms with Gasteiger partial charge in [-0.3, -0.25) is 0 Å². The predicted octanol–water partition coefficient (Wildman–Crippen LogP) is 2.58. The third-order valence-corrected chi connectivity index (χ3v) is 8.44. The molecule has 0 bridgehead atoms. The lowest BCUT2D eigenvalue weighted by Crippen LogP contribution is -2.51. The molecule has 154 valence electrons. The Morgan fingerprint density at radius 2 is 1.79 bits per heavy atom. The van der Waals surface area contributed by atoms with Crippen LogP contribution in [0.25, 0.3) is 11.4 Å². The summed E-state index contributed by atoms with van der Waals surface area (Å²) in [6.45, 7) is 2.56. The average molecular weight is 414 g/mol. The van der Waals surface area contributed by atoms with E-state index in [0.717, 1.165) is 62.3 Å². The first-order valence-corrected chi connectivity index (χ1v) is 12.4. The molecule has 1 spiro atoms. The molecule has 4 heterocycles. The van der Waals surface area contributed by atoms with E-state index >= 15 is 0 Å². The second-order valence-electron chi connectivity index (χ2n) is 8.45. The number of benzene rings is 1. The summed E-state index contributed by atoms with van der Waals surface area (Å²) in [4.78, 5) is 12.1. The van der Waals surface area contributed by atoms with Gasteiger partial charge in [-0.05, 0) is 37.7 Å². The van der Waals surface area contributed by atoms with Crippen molar-refractivity contribution in [3.8, 4) is 11.4 Å². The van der Waals surface area contributed by atoms with Crippen molar-refractivity contribution in [3.05, 3.63) is 47.8 Å². The molecule has 0 N–H and O–H groups in total. The third-order valence-electron chi connectivity index (χ3n) is 6.72. The molecule has 2 saturated heterocycles. The summed E-state index contributed by atoms with van der Waals surface area (Å²) in [5.41, 5.74) is 2.95. The Morgan fingerprint density at radius 1 is 1.07 bits per heavy atom. The summed E-state index contributed by atoms with van der Waals surface area (Å²) in [5.74, 6) is 1.41. The van der Waals surface area contributed by atoms with Gasteiger partial charge in [-0.15, -0.1) is 0 Å². The van der Waals surface area contributed by atoms with E-state index in [2.05, 4.69) is 9.88 Å². The maximum absolute atomic E-state index is 11.8. The fourth-order valence-corrected chi connectivity index (χ4v) is 6.48. The molecule has 0 radical (unpaired) electrons. The summed E-state index contributed by atoms with van der Waals surface area (Å²) in [7, 11) is -2.82. The van der Waals surface area contributed by atoms with Crippen molar-refractivity contribution >= 4 is 9.84 Å². The van der Waals surface area contributed by atoms with Crippen LogP contribution in [-0.2, 0) is 26.6 Å². The van der Waals surface area contributed by atoms with E-state index in [0.29, 0.717) is 24.2 Å². The molecule has 2 aromatic rings. The lowest BCUT2D eigenvalue weighted by molar-refractivity contribution is -0.106. The normalized spacial score (nSPS) is 24.3. The average Bonchev–Trinajstić information content (AvgIpc) is 2.75. The first kappa shape index (κ1) is 19.2. The molecular formula is C22H27N3O3S. The number of hydrogen-bond acceptors (Lipinski definition) is 6. The van der Waals surface area contributed by atoms with Gasteiger partial charge in [0.05, 0.1) is 23.8 Å². The number of nitrogens with zero attached hydrogens (tertiary/aromatic N) is 3. The standard InChI is InChI=1S/C22H27N3O3S/c26-29(27)14-7-19(8-15-29)25-11-9-22(10-12-25)20-18(6-13-28-22)16-23-21(24-20)17-4-2-1-3-5-17/h1-5,16,19H,6-15H2. The van der Waals surface area contributed by atoms with Crippen LogP contribution in [0.1, 0.15) is 36.9 Å². The van der Waals surface area contributed by atoms with Gasteiger partial charge in [0, 0.05) is 30.9 Å².